The minimum Gasteiger partial charge on any atom is -0.358 e. The average Bonchev–Trinajstić information content (AvgIpc) is 2.58. The van der Waals surface area contributed by atoms with Crippen LogP contribution in [-0.4, -0.2) is 26.6 Å². The molecule has 0 unspecified atom stereocenters. The molecule has 2 rings (SSSR count). The van der Waals surface area contributed by atoms with Crippen molar-refractivity contribution in [2.24, 2.45) is 0 Å². The smallest absolute Gasteiger partial charge is 0.358 e. The standard InChI is InChI=1S/C7H6F3N5O/c1-11-5-12-3(7(8,9)10)2-4-13-14-6(16)15(4)5/h2H,1H3,(H,11,12)(H,14,16). The van der Waals surface area contributed by atoms with E-state index in [1.165, 1.54) is 7.05 Å². The third-order valence-corrected chi connectivity index (χ3v) is 1.92. The summed E-state index contributed by atoms with van der Waals surface area (Å²) in [6.45, 7) is 0. The molecule has 2 aromatic heterocycles. The zero-order valence-electron chi connectivity index (χ0n) is 7.96. The Morgan fingerprint density at radius 1 is 1.50 bits per heavy atom. The molecule has 0 bridgehead atoms. The van der Waals surface area contributed by atoms with Gasteiger partial charge in [0.25, 0.3) is 0 Å². The first kappa shape index (κ1) is 10.5. The summed E-state index contributed by atoms with van der Waals surface area (Å²) in [5, 5.41) is 7.89. The van der Waals surface area contributed by atoms with Crippen molar-refractivity contribution in [2.45, 2.75) is 6.18 Å². The number of aromatic nitrogens is 4. The van der Waals surface area contributed by atoms with Crippen LogP contribution in [0.25, 0.3) is 5.65 Å². The first-order valence-electron chi connectivity index (χ1n) is 4.16. The molecule has 0 amide bonds. The van der Waals surface area contributed by atoms with E-state index in [1.54, 1.807) is 0 Å². The molecule has 16 heavy (non-hydrogen) atoms. The van der Waals surface area contributed by atoms with Crippen LogP contribution >= 0.6 is 0 Å². The zero-order chi connectivity index (χ0) is 11.9. The van der Waals surface area contributed by atoms with E-state index in [-0.39, 0.29) is 11.6 Å². The summed E-state index contributed by atoms with van der Waals surface area (Å²) in [6.07, 6.45) is -4.58. The maximum absolute atomic E-state index is 12.4. The summed E-state index contributed by atoms with van der Waals surface area (Å²) in [5.74, 6) is -0.219. The van der Waals surface area contributed by atoms with Gasteiger partial charge >= 0.3 is 11.9 Å². The van der Waals surface area contributed by atoms with E-state index in [9.17, 15) is 18.0 Å². The van der Waals surface area contributed by atoms with E-state index in [4.69, 9.17) is 0 Å². The van der Waals surface area contributed by atoms with Crippen LogP contribution in [0.1, 0.15) is 5.69 Å². The van der Waals surface area contributed by atoms with Gasteiger partial charge in [0.1, 0.15) is 0 Å². The Bertz CT molecular complexity index is 584. The van der Waals surface area contributed by atoms with Crippen molar-refractivity contribution < 1.29 is 13.2 Å². The van der Waals surface area contributed by atoms with E-state index in [2.05, 4.69) is 15.4 Å². The van der Waals surface area contributed by atoms with Gasteiger partial charge in [0.15, 0.2) is 11.3 Å². The summed E-state index contributed by atoms with van der Waals surface area (Å²) < 4.78 is 38.2. The van der Waals surface area contributed by atoms with Gasteiger partial charge in [-0.2, -0.15) is 18.3 Å². The number of hydrogen-bond donors (Lipinski definition) is 2. The minimum absolute atomic E-state index is 0.142. The fourth-order valence-electron chi connectivity index (χ4n) is 1.24. The van der Waals surface area contributed by atoms with Crippen LogP contribution < -0.4 is 11.0 Å². The molecule has 0 radical (unpaired) electrons. The summed E-state index contributed by atoms with van der Waals surface area (Å²) in [4.78, 5) is 14.5. The molecule has 0 spiro atoms. The molecule has 0 aliphatic heterocycles. The second-order valence-electron chi connectivity index (χ2n) is 2.94. The summed E-state index contributed by atoms with van der Waals surface area (Å²) in [5.41, 5.74) is -1.90. The number of aromatic amines is 1. The Morgan fingerprint density at radius 2 is 2.19 bits per heavy atom. The van der Waals surface area contributed by atoms with Crippen molar-refractivity contribution in [2.75, 3.05) is 12.4 Å². The first-order valence-corrected chi connectivity index (χ1v) is 4.16. The molecule has 6 nitrogen and oxygen atoms in total. The molecule has 0 fully saturated rings. The lowest BCUT2D eigenvalue weighted by Gasteiger charge is -2.08. The van der Waals surface area contributed by atoms with Crippen LogP contribution in [0.15, 0.2) is 10.9 Å². The molecule has 2 heterocycles. The van der Waals surface area contributed by atoms with Gasteiger partial charge in [-0.1, -0.05) is 0 Å². The Hall–Kier alpha value is -2.06. The van der Waals surface area contributed by atoms with Crippen molar-refractivity contribution in [3.63, 3.8) is 0 Å². The zero-order valence-corrected chi connectivity index (χ0v) is 7.96. The van der Waals surface area contributed by atoms with Gasteiger partial charge in [-0.15, -0.1) is 0 Å². The maximum atomic E-state index is 12.4. The van der Waals surface area contributed by atoms with Crippen LogP contribution in [0.5, 0.6) is 0 Å². The van der Waals surface area contributed by atoms with Gasteiger partial charge in [0.2, 0.25) is 5.95 Å². The average molecular weight is 233 g/mol. The second kappa shape index (κ2) is 3.22. The van der Waals surface area contributed by atoms with Gasteiger partial charge in [-0.25, -0.2) is 19.3 Å². The highest BCUT2D eigenvalue weighted by atomic mass is 19.4. The molecule has 0 aromatic carbocycles. The van der Waals surface area contributed by atoms with Crippen molar-refractivity contribution in [3.05, 3.63) is 22.2 Å². The molecule has 86 valence electrons. The Labute approximate surface area is 86.1 Å². The summed E-state index contributed by atoms with van der Waals surface area (Å²) in [6, 6.07) is 0.693. The van der Waals surface area contributed by atoms with Crippen LogP contribution in [-0.2, 0) is 6.18 Å². The number of fused-ring (bicyclic) bond motifs is 1. The number of H-pyrrole nitrogens is 1. The molecule has 0 atom stereocenters. The number of nitrogens with zero attached hydrogens (tertiary/aromatic N) is 3. The van der Waals surface area contributed by atoms with E-state index in [1.807, 2.05) is 5.10 Å². The van der Waals surface area contributed by atoms with E-state index >= 15 is 0 Å². The fraction of sp³-hybridized carbons (Fsp3) is 0.286. The Kier molecular flexibility index (Phi) is 2.10. The number of anilines is 1. The normalized spacial score (nSPS) is 12.0. The number of halogens is 3. The fourth-order valence-corrected chi connectivity index (χ4v) is 1.24. The van der Waals surface area contributed by atoms with Gasteiger partial charge in [0.05, 0.1) is 0 Å². The third kappa shape index (κ3) is 1.49. The topological polar surface area (TPSA) is 75.1 Å². The second-order valence-corrected chi connectivity index (χ2v) is 2.94. The van der Waals surface area contributed by atoms with E-state index in [0.29, 0.717) is 6.07 Å². The van der Waals surface area contributed by atoms with Gasteiger partial charge in [0, 0.05) is 13.1 Å². The van der Waals surface area contributed by atoms with Crippen LogP contribution in [0.2, 0.25) is 0 Å². The number of nitrogens with one attached hydrogen (secondary N) is 2. The predicted octanol–water partition coefficient (Wildman–Crippen LogP) is 0.478. The molecular weight excluding hydrogens is 227 g/mol. The predicted molar refractivity (Wildman–Crippen MR) is 48.2 cm³/mol. The van der Waals surface area contributed by atoms with Crippen molar-refractivity contribution in [3.8, 4) is 0 Å². The molecule has 9 heteroatoms. The quantitative estimate of drug-likeness (QED) is 0.751. The van der Waals surface area contributed by atoms with Crippen LogP contribution in [0, 0.1) is 0 Å². The van der Waals surface area contributed by atoms with Crippen molar-refractivity contribution in [1.82, 2.24) is 19.6 Å². The maximum Gasteiger partial charge on any atom is 0.433 e. The van der Waals surface area contributed by atoms with Gasteiger partial charge < -0.3 is 5.32 Å². The summed E-state index contributed by atoms with van der Waals surface area (Å²) in [7, 11) is 1.36. The summed E-state index contributed by atoms with van der Waals surface area (Å²) >= 11 is 0. The molecule has 2 aromatic rings. The monoisotopic (exact) mass is 233 g/mol. The number of hydrogen-bond acceptors (Lipinski definition) is 4. The lowest BCUT2D eigenvalue weighted by atomic mass is 10.4. The highest BCUT2D eigenvalue weighted by Gasteiger charge is 2.34. The Morgan fingerprint density at radius 3 is 2.75 bits per heavy atom. The van der Waals surface area contributed by atoms with E-state index in [0.717, 1.165) is 4.40 Å². The van der Waals surface area contributed by atoms with Gasteiger partial charge in [-0.05, 0) is 0 Å². The molecular formula is C7H6F3N5O. The highest BCUT2D eigenvalue weighted by Crippen LogP contribution is 2.28. The SMILES string of the molecule is CNc1nc(C(F)(F)F)cc2n[nH]c(=O)n12. The molecule has 0 saturated carbocycles. The Balaban J connectivity index is 2.80. The van der Waals surface area contributed by atoms with Crippen molar-refractivity contribution in [1.29, 1.82) is 0 Å². The first-order chi connectivity index (χ1) is 7.43. The lowest BCUT2D eigenvalue weighted by Crippen LogP contribution is -2.17. The number of alkyl halides is 3. The molecule has 0 aliphatic rings. The van der Waals surface area contributed by atoms with Crippen molar-refractivity contribution >= 4 is 11.6 Å². The minimum atomic E-state index is -4.58. The lowest BCUT2D eigenvalue weighted by molar-refractivity contribution is -0.141. The van der Waals surface area contributed by atoms with Crippen LogP contribution in [0.4, 0.5) is 19.1 Å². The molecule has 0 aliphatic carbocycles. The number of rotatable bonds is 1. The van der Waals surface area contributed by atoms with Gasteiger partial charge in [-0.3, -0.25) is 0 Å². The molecule has 2 N–H and O–H groups in total. The van der Waals surface area contributed by atoms with E-state index < -0.39 is 17.6 Å². The molecule has 0 saturated heterocycles. The largest absolute Gasteiger partial charge is 0.433 e. The highest BCUT2D eigenvalue weighted by molar-refractivity contribution is 5.46. The third-order valence-electron chi connectivity index (χ3n) is 1.92. The van der Waals surface area contributed by atoms with Crippen LogP contribution in [0.3, 0.4) is 0 Å².